The van der Waals surface area contributed by atoms with Crippen LogP contribution in [0.15, 0.2) is 44.0 Å². The molecule has 1 saturated heterocycles. The molecule has 240 valence electrons. The van der Waals surface area contributed by atoms with Crippen molar-refractivity contribution in [1.82, 2.24) is 15.1 Å². The summed E-state index contributed by atoms with van der Waals surface area (Å²) < 4.78 is 31.2. The number of piperazine rings is 1. The second-order valence-electron chi connectivity index (χ2n) is 11.9. The quantitative estimate of drug-likeness (QED) is 0.313. The van der Waals surface area contributed by atoms with E-state index in [1.165, 1.54) is 5.56 Å². The Morgan fingerprint density at radius 2 is 1.49 bits per heavy atom. The maximum Gasteiger partial charge on any atom is 0.167 e. The lowest BCUT2D eigenvalue weighted by atomic mass is 9.71. The van der Waals surface area contributed by atoms with Gasteiger partial charge in [0.15, 0.2) is 23.0 Å². The second kappa shape index (κ2) is 13.6. The first-order valence-electron chi connectivity index (χ1n) is 15.5. The van der Waals surface area contributed by atoms with E-state index in [9.17, 15) is 5.26 Å². The van der Waals surface area contributed by atoms with Crippen molar-refractivity contribution in [3.05, 3.63) is 77.4 Å². The molecule has 5 rings (SSSR count). The molecule has 9 heteroatoms. The SMILES string of the molecule is C=CCOc1c(C)c(OC)c(OCC=C)c2c1CC1C3c4c(cc(C)c(OC)c4OCC=C)CC(C(C#N)N1C2CNC)N3C. The zero-order chi connectivity index (χ0) is 32.4. The van der Waals surface area contributed by atoms with Crippen LogP contribution in [-0.2, 0) is 12.8 Å². The molecule has 1 N–H and O–H groups in total. The average Bonchev–Trinajstić information content (AvgIpc) is 3.02. The summed E-state index contributed by atoms with van der Waals surface area (Å²) in [7, 11) is 7.42. The Labute approximate surface area is 267 Å². The Kier molecular flexibility index (Phi) is 9.78. The molecule has 9 nitrogen and oxygen atoms in total. The molecule has 0 spiro atoms. The number of fused-ring (bicyclic) bond motifs is 7. The zero-order valence-electron chi connectivity index (χ0n) is 27.4. The van der Waals surface area contributed by atoms with E-state index in [0.717, 1.165) is 45.1 Å². The van der Waals surface area contributed by atoms with Crippen molar-refractivity contribution in [3.63, 3.8) is 0 Å². The van der Waals surface area contributed by atoms with E-state index in [1.54, 1.807) is 32.4 Å². The van der Waals surface area contributed by atoms with Crippen LogP contribution in [0.5, 0.6) is 28.7 Å². The van der Waals surface area contributed by atoms with E-state index >= 15 is 0 Å². The molecule has 5 unspecified atom stereocenters. The van der Waals surface area contributed by atoms with E-state index in [1.807, 2.05) is 20.9 Å². The van der Waals surface area contributed by atoms with Gasteiger partial charge in [-0.3, -0.25) is 9.80 Å². The van der Waals surface area contributed by atoms with Gasteiger partial charge in [-0.1, -0.05) is 44.0 Å². The van der Waals surface area contributed by atoms with Gasteiger partial charge in [0.05, 0.1) is 32.4 Å². The Hall–Kier alpha value is -3.97. The highest BCUT2D eigenvalue weighted by atomic mass is 16.5. The number of hydrogen-bond acceptors (Lipinski definition) is 9. The summed E-state index contributed by atoms with van der Waals surface area (Å²) in [5.41, 5.74) is 6.22. The second-order valence-corrected chi connectivity index (χ2v) is 11.9. The summed E-state index contributed by atoms with van der Waals surface area (Å²) in [4.78, 5) is 4.79. The first kappa shape index (κ1) is 32.4. The van der Waals surface area contributed by atoms with Crippen molar-refractivity contribution in [1.29, 1.82) is 5.26 Å². The predicted octanol–water partition coefficient (Wildman–Crippen LogP) is 5.01. The smallest absolute Gasteiger partial charge is 0.167 e. The Morgan fingerprint density at radius 3 is 2.04 bits per heavy atom. The van der Waals surface area contributed by atoms with Crippen LogP contribution in [0.25, 0.3) is 0 Å². The van der Waals surface area contributed by atoms with Crippen LogP contribution in [0.2, 0.25) is 0 Å². The van der Waals surface area contributed by atoms with Gasteiger partial charge in [0.25, 0.3) is 0 Å². The van der Waals surface area contributed by atoms with Crippen LogP contribution in [0.3, 0.4) is 0 Å². The van der Waals surface area contributed by atoms with Gasteiger partial charge in [-0.15, -0.1) is 0 Å². The number of rotatable bonds is 13. The number of methoxy groups -OCH3 is 2. The standard InChI is InChI=1S/C36H46N4O5/c1-10-13-43-33-22(5)34(42-9)36(45-15-12-3)30-24(33)18-26-31-29-23(16-21(4)32(41-8)35(29)44-14-11-2)17-25(39(31)7)27(19-37)40(26)28(30)20-38-6/h10-12,16,25-28,31,38H,1-3,13-15,17-18,20H2,4-9H3. The highest BCUT2D eigenvalue weighted by Crippen LogP contribution is 2.57. The largest absolute Gasteiger partial charge is 0.493 e. The summed E-state index contributed by atoms with van der Waals surface area (Å²) in [5, 5.41) is 14.3. The molecule has 0 radical (unpaired) electrons. The van der Waals surface area contributed by atoms with Crippen LogP contribution in [0.1, 0.15) is 45.5 Å². The lowest BCUT2D eigenvalue weighted by Crippen LogP contribution is -2.68. The molecule has 45 heavy (non-hydrogen) atoms. The number of likely N-dealkylation sites (N-methyl/N-ethyl adjacent to an activating group) is 2. The maximum atomic E-state index is 10.9. The first-order chi connectivity index (χ1) is 21.8. The Balaban J connectivity index is 1.82. The molecule has 3 heterocycles. The molecule has 2 aromatic rings. The van der Waals surface area contributed by atoms with E-state index in [2.05, 4.69) is 54.0 Å². The molecule has 3 aliphatic heterocycles. The molecule has 3 aliphatic rings. The number of ether oxygens (including phenoxy) is 5. The van der Waals surface area contributed by atoms with E-state index < -0.39 is 0 Å². The van der Waals surface area contributed by atoms with Gasteiger partial charge in [0.2, 0.25) is 0 Å². The van der Waals surface area contributed by atoms with Crippen LogP contribution in [0, 0.1) is 25.2 Å². The average molecular weight is 615 g/mol. The molecule has 2 aromatic carbocycles. The van der Waals surface area contributed by atoms with Gasteiger partial charge in [-0.05, 0) is 51.9 Å². The predicted molar refractivity (Wildman–Crippen MR) is 176 cm³/mol. The van der Waals surface area contributed by atoms with Crippen molar-refractivity contribution in [2.75, 3.05) is 54.7 Å². The summed E-state index contributed by atoms with van der Waals surface area (Å²) in [6.07, 6.45) is 6.57. The minimum Gasteiger partial charge on any atom is -0.493 e. The minimum atomic E-state index is -0.382. The van der Waals surface area contributed by atoms with Gasteiger partial charge < -0.3 is 29.0 Å². The monoisotopic (exact) mass is 614 g/mol. The minimum absolute atomic E-state index is 0.0360. The van der Waals surface area contributed by atoms with Crippen molar-refractivity contribution in [2.24, 2.45) is 0 Å². The van der Waals surface area contributed by atoms with Crippen molar-refractivity contribution >= 4 is 0 Å². The Bertz CT molecular complexity index is 1510. The highest BCUT2D eigenvalue weighted by molar-refractivity contribution is 5.66. The number of nitrogens with zero attached hydrogens (tertiary/aromatic N) is 3. The third-order valence-electron chi connectivity index (χ3n) is 9.48. The summed E-state index contributed by atoms with van der Waals surface area (Å²) in [6.45, 7) is 17.3. The molecule has 1 fully saturated rings. The lowest BCUT2D eigenvalue weighted by molar-refractivity contribution is -0.0724. The van der Waals surface area contributed by atoms with E-state index in [4.69, 9.17) is 23.7 Å². The van der Waals surface area contributed by atoms with Gasteiger partial charge in [-0.2, -0.15) is 5.26 Å². The highest BCUT2D eigenvalue weighted by Gasteiger charge is 2.56. The number of nitrogens with one attached hydrogen (secondary N) is 1. The topological polar surface area (TPSA) is 88.4 Å². The fourth-order valence-corrected chi connectivity index (χ4v) is 7.89. The lowest BCUT2D eigenvalue weighted by Gasteiger charge is -2.60. The number of aryl methyl sites for hydroxylation is 1. The third-order valence-corrected chi connectivity index (χ3v) is 9.48. The van der Waals surface area contributed by atoms with Crippen LogP contribution in [-0.4, -0.2) is 82.6 Å². The van der Waals surface area contributed by atoms with Gasteiger partial charge in [0, 0.05) is 40.9 Å². The summed E-state index contributed by atoms with van der Waals surface area (Å²) >= 11 is 0. The molecule has 2 bridgehead atoms. The van der Waals surface area contributed by atoms with Crippen molar-refractivity contribution in [2.45, 2.75) is 56.9 Å². The molecular formula is C36H46N4O5. The van der Waals surface area contributed by atoms with E-state index in [0.29, 0.717) is 50.7 Å². The summed E-state index contributed by atoms with van der Waals surface area (Å²) in [5.74, 6) is 3.55. The normalized spacial score (nSPS) is 23.4. The van der Waals surface area contributed by atoms with E-state index in [-0.39, 0.29) is 30.2 Å². The molecule has 5 atom stereocenters. The van der Waals surface area contributed by atoms with Crippen LogP contribution in [0.4, 0.5) is 0 Å². The zero-order valence-corrected chi connectivity index (χ0v) is 27.4. The van der Waals surface area contributed by atoms with Gasteiger partial charge >= 0.3 is 0 Å². The third kappa shape index (κ3) is 5.25. The van der Waals surface area contributed by atoms with Crippen molar-refractivity contribution in [3.8, 4) is 34.8 Å². The first-order valence-corrected chi connectivity index (χ1v) is 15.5. The number of benzene rings is 2. The van der Waals surface area contributed by atoms with Crippen LogP contribution < -0.4 is 29.0 Å². The Morgan fingerprint density at radius 1 is 0.889 bits per heavy atom. The molecule has 0 aromatic heterocycles. The fraction of sp³-hybridized carbons (Fsp3) is 0.472. The van der Waals surface area contributed by atoms with Crippen LogP contribution >= 0.6 is 0 Å². The summed E-state index contributed by atoms with van der Waals surface area (Å²) in [6, 6.07) is 4.14. The van der Waals surface area contributed by atoms with Gasteiger partial charge in [0.1, 0.15) is 31.6 Å². The fourth-order valence-electron chi connectivity index (χ4n) is 7.89. The van der Waals surface area contributed by atoms with Crippen molar-refractivity contribution < 1.29 is 23.7 Å². The molecule has 0 aliphatic carbocycles. The molecule has 0 saturated carbocycles. The molecular weight excluding hydrogens is 568 g/mol. The number of nitriles is 1. The molecule has 0 amide bonds. The number of hydrogen-bond donors (Lipinski definition) is 1. The van der Waals surface area contributed by atoms with Gasteiger partial charge in [-0.25, -0.2) is 0 Å². The maximum absolute atomic E-state index is 10.9.